The van der Waals surface area contributed by atoms with Gasteiger partial charge in [-0.25, -0.2) is 0 Å². The van der Waals surface area contributed by atoms with Gasteiger partial charge in [-0.3, -0.25) is 9.48 Å². The topological polar surface area (TPSA) is 76.2 Å². The normalized spacial score (nSPS) is 21.9. The molecule has 1 fully saturated rings. The van der Waals surface area contributed by atoms with E-state index in [4.69, 9.17) is 5.73 Å². The van der Waals surface area contributed by atoms with E-state index in [2.05, 4.69) is 29.2 Å². The Kier molecular flexibility index (Phi) is 5.76. The number of amides is 1. The van der Waals surface area contributed by atoms with Crippen molar-refractivity contribution < 1.29 is 4.79 Å². The molecule has 2 rings (SSSR count). The van der Waals surface area contributed by atoms with Gasteiger partial charge in [-0.05, 0) is 32.4 Å². The van der Waals surface area contributed by atoms with Crippen LogP contribution in [0.5, 0.6) is 0 Å². The SMILES string of the molecule is CCN(CC)CCn1cc(NC(=O)C2CCC(N)C2)cn1. The summed E-state index contributed by atoms with van der Waals surface area (Å²) in [6.45, 7) is 8.22. The average Bonchev–Trinajstić information content (AvgIpc) is 3.09. The number of nitrogens with zero attached hydrogens (tertiary/aromatic N) is 3. The highest BCUT2D eigenvalue weighted by atomic mass is 16.1. The third-order valence-corrected chi connectivity index (χ3v) is 4.28. The molecule has 0 saturated heterocycles. The van der Waals surface area contributed by atoms with Crippen molar-refractivity contribution in [1.29, 1.82) is 0 Å². The zero-order valence-electron chi connectivity index (χ0n) is 13.1. The minimum atomic E-state index is 0.0547. The van der Waals surface area contributed by atoms with E-state index in [1.54, 1.807) is 6.20 Å². The third-order valence-electron chi connectivity index (χ3n) is 4.28. The minimum absolute atomic E-state index is 0.0547. The fraction of sp³-hybridized carbons (Fsp3) is 0.733. The molecule has 2 unspecified atom stereocenters. The second-order valence-corrected chi connectivity index (χ2v) is 5.78. The predicted molar refractivity (Wildman–Crippen MR) is 84.0 cm³/mol. The molecule has 2 atom stereocenters. The number of carbonyl (C=O) groups excluding carboxylic acids is 1. The maximum absolute atomic E-state index is 12.1. The highest BCUT2D eigenvalue weighted by Gasteiger charge is 2.27. The van der Waals surface area contributed by atoms with Crippen molar-refractivity contribution in [2.24, 2.45) is 11.7 Å². The minimum Gasteiger partial charge on any atom is -0.328 e. The van der Waals surface area contributed by atoms with Gasteiger partial charge in [0.25, 0.3) is 0 Å². The summed E-state index contributed by atoms with van der Waals surface area (Å²) < 4.78 is 1.88. The number of likely N-dealkylation sites (N-methyl/N-ethyl adjacent to an activating group) is 1. The Labute approximate surface area is 126 Å². The van der Waals surface area contributed by atoms with Gasteiger partial charge in [-0.1, -0.05) is 13.8 Å². The first-order valence-corrected chi connectivity index (χ1v) is 7.93. The Morgan fingerprint density at radius 2 is 2.24 bits per heavy atom. The van der Waals surface area contributed by atoms with Crippen molar-refractivity contribution in [1.82, 2.24) is 14.7 Å². The van der Waals surface area contributed by atoms with Crippen LogP contribution in [-0.2, 0) is 11.3 Å². The number of rotatable bonds is 7. The number of nitrogens with two attached hydrogens (primary N) is 1. The molecule has 6 heteroatoms. The number of anilines is 1. The summed E-state index contributed by atoms with van der Waals surface area (Å²) in [7, 11) is 0. The molecule has 1 aromatic rings. The Balaban J connectivity index is 1.81. The molecule has 1 aromatic heterocycles. The van der Waals surface area contributed by atoms with Crippen molar-refractivity contribution in [2.75, 3.05) is 25.0 Å². The van der Waals surface area contributed by atoms with E-state index in [9.17, 15) is 4.79 Å². The lowest BCUT2D eigenvalue weighted by Crippen LogP contribution is -2.27. The van der Waals surface area contributed by atoms with Gasteiger partial charge in [0.15, 0.2) is 0 Å². The van der Waals surface area contributed by atoms with E-state index in [0.717, 1.165) is 51.1 Å². The predicted octanol–water partition coefficient (Wildman–Crippen LogP) is 1.29. The van der Waals surface area contributed by atoms with Gasteiger partial charge in [0.05, 0.1) is 18.4 Å². The van der Waals surface area contributed by atoms with E-state index in [0.29, 0.717) is 0 Å². The molecule has 1 heterocycles. The maximum Gasteiger partial charge on any atom is 0.227 e. The van der Waals surface area contributed by atoms with Crippen LogP contribution in [0.4, 0.5) is 5.69 Å². The Morgan fingerprint density at radius 3 is 2.86 bits per heavy atom. The van der Waals surface area contributed by atoms with E-state index in [-0.39, 0.29) is 17.9 Å². The summed E-state index contributed by atoms with van der Waals surface area (Å²) in [6, 6.07) is 0.178. The fourth-order valence-corrected chi connectivity index (χ4v) is 2.83. The molecule has 0 aliphatic heterocycles. The van der Waals surface area contributed by atoms with Gasteiger partial charge in [0.2, 0.25) is 5.91 Å². The van der Waals surface area contributed by atoms with Gasteiger partial charge in [-0.2, -0.15) is 5.10 Å². The number of nitrogens with one attached hydrogen (secondary N) is 1. The summed E-state index contributed by atoms with van der Waals surface area (Å²) >= 11 is 0. The van der Waals surface area contributed by atoms with Gasteiger partial charge in [-0.15, -0.1) is 0 Å². The summed E-state index contributed by atoms with van der Waals surface area (Å²) in [5, 5.41) is 7.25. The summed E-state index contributed by atoms with van der Waals surface area (Å²) in [5.41, 5.74) is 6.63. The molecule has 3 N–H and O–H groups in total. The molecule has 0 radical (unpaired) electrons. The molecular formula is C15H27N5O. The Morgan fingerprint density at radius 1 is 1.48 bits per heavy atom. The first kappa shape index (κ1) is 16.0. The van der Waals surface area contributed by atoms with Gasteiger partial charge in [0.1, 0.15) is 0 Å². The van der Waals surface area contributed by atoms with Gasteiger partial charge in [0, 0.05) is 24.7 Å². The van der Waals surface area contributed by atoms with Gasteiger partial charge >= 0.3 is 0 Å². The standard InChI is InChI=1S/C15H27N5O/c1-3-19(4-2)7-8-20-11-14(10-17-20)18-15(21)12-5-6-13(16)9-12/h10-13H,3-9,16H2,1-2H3,(H,18,21). The van der Waals surface area contributed by atoms with Crippen molar-refractivity contribution >= 4 is 11.6 Å². The van der Waals surface area contributed by atoms with E-state index >= 15 is 0 Å². The molecule has 0 spiro atoms. The van der Waals surface area contributed by atoms with Crippen LogP contribution in [0, 0.1) is 5.92 Å². The van der Waals surface area contributed by atoms with Crippen molar-refractivity contribution in [3.63, 3.8) is 0 Å². The van der Waals surface area contributed by atoms with E-state index < -0.39 is 0 Å². The first-order valence-electron chi connectivity index (χ1n) is 7.93. The average molecular weight is 293 g/mol. The zero-order valence-corrected chi connectivity index (χ0v) is 13.1. The van der Waals surface area contributed by atoms with E-state index in [1.807, 2.05) is 10.9 Å². The summed E-state index contributed by atoms with van der Waals surface area (Å²) in [4.78, 5) is 14.5. The molecule has 0 bridgehead atoms. The molecular weight excluding hydrogens is 266 g/mol. The highest BCUT2D eigenvalue weighted by Crippen LogP contribution is 2.25. The Hall–Kier alpha value is -1.40. The summed E-state index contributed by atoms with van der Waals surface area (Å²) in [5.74, 6) is 0.130. The monoisotopic (exact) mass is 293 g/mol. The van der Waals surface area contributed by atoms with Crippen LogP contribution in [-0.4, -0.2) is 46.3 Å². The number of aromatic nitrogens is 2. The molecule has 1 amide bonds. The van der Waals surface area contributed by atoms with Crippen LogP contribution in [0.15, 0.2) is 12.4 Å². The van der Waals surface area contributed by atoms with Crippen molar-refractivity contribution in [3.05, 3.63) is 12.4 Å². The van der Waals surface area contributed by atoms with Crippen LogP contribution in [0.2, 0.25) is 0 Å². The van der Waals surface area contributed by atoms with Crippen LogP contribution in [0.3, 0.4) is 0 Å². The van der Waals surface area contributed by atoms with Crippen molar-refractivity contribution in [3.8, 4) is 0 Å². The van der Waals surface area contributed by atoms with Crippen LogP contribution in [0.1, 0.15) is 33.1 Å². The fourth-order valence-electron chi connectivity index (χ4n) is 2.83. The molecule has 21 heavy (non-hydrogen) atoms. The molecule has 0 aromatic carbocycles. The van der Waals surface area contributed by atoms with Gasteiger partial charge < -0.3 is 16.0 Å². The smallest absolute Gasteiger partial charge is 0.227 e. The number of hydrogen-bond acceptors (Lipinski definition) is 4. The highest BCUT2D eigenvalue weighted by molar-refractivity contribution is 5.92. The quantitative estimate of drug-likeness (QED) is 0.794. The van der Waals surface area contributed by atoms with Crippen LogP contribution < -0.4 is 11.1 Å². The van der Waals surface area contributed by atoms with Crippen molar-refractivity contribution in [2.45, 2.75) is 45.7 Å². The summed E-state index contributed by atoms with van der Waals surface area (Å²) in [6.07, 6.45) is 6.25. The number of hydrogen-bond donors (Lipinski definition) is 2. The molecule has 1 aliphatic carbocycles. The largest absolute Gasteiger partial charge is 0.328 e. The second-order valence-electron chi connectivity index (χ2n) is 5.78. The second kappa shape index (κ2) is 7.56. The maximum atomic E-state index is 12.1. The molecule has 1 aliphatic rings. The first-order chi connectivity index (χ1) is 10.1. The molecule has 118 valence electrons. The van der Waals surface area contributed by atoms with Crippen LogP contribution in [0.25, 0.3) is 0 Å². The molecule has 6 nitrogen and oxygen atoms in total. The Bertz CT molecular complexity index is 455. The lowest BCUT2D eigenvalue weighted by Gasteiger charge is -2.17. The zero-order chi connectivity index (χ0) is 15.2. The lowest BCUT2D eigenvalue weighted by atomic mass is 10.1. The van der Waals surface area contributed by atoms with Crippen LogP contribution >= 0.6 is 0 Å². The van der Waals surface area contributed by atoms with E-state index in [1.165, 1.54) is 0 Å². The lowest BCUT2D eigenvalue weighted by molar-refractivity contribution is -0.119. The molecule has 1 saturated carbocycles. The third kappa shape index (κ3) is 4.54. The number of carbonyl (C=O) groups is 1.